The number of nitrogens with zero attached hydrogens (tertiary/aromatic N) is 1. The van der Waals surface area contributed by atoms with E-state index in [0.29, 0.717) is 18.8 Å². The molecule has 15 heavy (non-hydrogen) atoms. The van der Waals surface area contributed by atoms with Gasteiger partial charge in [-0.05, 0) is 32.4 Å². The van der Waals surface area contributed by atoms with E-state index in [-0.39, 0.29) is 0 Å². The fourth-order valence-corrected chi connectivity index (χ4v) is 0.963. The van der Waals surface area contributed by atoms with Crippen molar-refractivity contribution in [2.24, 2.45) is 5.41 Å². The highest BCUT2D eigenvalue weighted by Gasteiger charge is 2.26. The zero-order chi connectivity index (χ0) is 11.3. The summed E-state index contributed by atoms with van der Waals surface area (Å²) in [6.07, 6.45) is 3.74. The van der Waals surface area contributed by atoms with Gasteiger partial charge in [-0.2, -0.15) is 0 Å². The van der Waals surface area contributed by atoms with E-state index < -0.39 is 11.4 Å². The van der Waals surface area contributed by atoms with Crippen LogP contribution in [0.25, 0.3) is 0 Å². The summed E-state index contributed by atoms with van der Waals surface area (Å²) in [6, 6.07) is 3.57. The molecule has 0 atom stereocenters. The van der Waals surface area contributed by atoms with Crippen LogP contribution < -0.4 is 4.74 Å². The number of hydrogen-bond donors (Lipinski definition) is 1. The summed E-state index contributed by atoms with van der Waals surface area (Å²) in [7, 11) is 0. The van der Waals surface area contributed by atoms with E-state index in [2.05, 4.69) is 4.98 Å². The first kappa shape index (κ1) is 11.5. The largest absolute Gasteiger partial charge is 0.492 e. The van der Waals surface area contributed by atoms with Gasteiger partial charge in [0, 0.05) is 6.20 Å². The lowest BCUT2D eigenvalue weighted by Crippen LogP contribution is -2.25. The topological polar surface area (TPSA) is 59.4 Å². The molecule has 82 valence electrons. The van der Waals surface area contributed by atoms with Crippen LogP contribution >= 0.6 is 0 Å². The number of hydrogen-bond acceptors (Lipinski definition) is 3. The van der Waals surface area contributed by atoms with Crippen molar-refractivity contribution in [2.45, 2.75) is 20.3 Å². The summed E-state index contributed by atoms with van der Waals surface area (Å²) in [5, 5.41) is 8.87. The molecule has 0 saturated carbocycles. The highest BCUT2D eigenvalue weighted by atomic mass is 16.5. The second-order valence-corrected chi connectivity index (χ2v) is 3.98. The summed E-state index contributed by atoms with van der Waals surface area (Å²) in [5.41, 5.74) is -0.748. The molecule has 0 bridgehead atoms. The number of ether oxygens (including phenoxy) is 1. The number of rotatable bonds is 5. The van der Waals surface area contributed by atoms with E-state index in [1.807, 2.05) is 0 Å². The fraction of sp³-hybridized carbons (Fsp3) is 0.455. The maximum absolute atomic E-state index is 10.8. The van der Waals surface area contributed by atoms with Crippen molar-refractivity contribution >= 4 is 5.97 Å². The third-order valence-corrected chi connectivity index (χ3v) is 2.21. The molecule has 1 aromatic heterocycles. The molecule has 1 rings (SSSR count). The van der Waals surface area contributed by atoms with E-state index in [9.17, 15) is 4.79 Å². The van der Waals surface area contributed by atoms with Gasteiger partial charge in [0.1, 0.15) is 5.75 Å². The van der Waals surface area contributed by atoms with Gasteiger partial charge >= 0.3 is 5.97 Å². The number of carboxylic acids is 1. The molecule has 0 unspecified atom stereocenters. The smallest absolute Gasteiger partial charge is 0.309 e. The molecule has 0 saturated heterocycles. The van der Waals surface area contributed by atoms with Crippen LogP contribution in [0.4, 0.5) is 0 Å². The number of pyridine rings is 1. The van der Waals surface area contributed by atoms with Gasteiger partial charge in [-0.1, -0.05) is 0 Å². The lowest BCUT2D eigenvalue weighted by atomic mass is 9.90. The minimum absolute atomic E-state index is 0.380. The van der Waals surface area contributed by atoms with Gasteiger partial charge in [-0.3, -0.25) is 9.78 Å². The zero-order valence-electron chi connectivity index (χ0n) is 8.93. The molecule has 0 amide bonds. The monoisotopic (exact) mass is 209 g/mol. The summed E-state index contributed by atoms with van der Waals surface area (Å²) < 4.78 is 5.37. The van der Waals surface area contributed by atoms with Gasteiger partial charge in [0.15, 0.2) is 0 Å². The van der Waals surface area contributed by atoms with Crippen LogP contribution in [0, 0.1) is 5.41 Å². The molecule has 0 aliphatic carbocycles. The maximum atomic E-state index is 10.8. The lowest BCUT2D eigenvalue weighted by Gasteiger charge is -2.18. The van der Waals surface area contributed by atoms with Crippen LogP contribution in [0.15, 0.2) is 24.5 Å². The van der Waals surface area contributed by atoms with E-state index in [1.54, 1.807) is 38.4 Å². The molecule has 0 radical (unpaired) electrons. The standard InChI is InChI=1S/C11H15NO3/c1-11(2,10(13)14)5-7-15-9-4-3-6-12-8-9/h3-4,6,8H,5,7H2,1-2H3,(H,13,14). The highest BCUT2D eigenvalue weighted by molar-refractivity contribution is 5.73. The van der Waals surface area contributed by atoms with E-state index >= 15 is 0 Å². The minimum Gasteiger partial charge on any atom is -0.492 e. The van der Waals surface area contributed by atoms with Gasteiger partial charge < -0.3 is 9.84 Å². The van der Waals surface area contributed by atoms with Gasteiger partial charge in [-0.25, -0.2) is 0 Å². The van der Waals surface area contributed by atoms with Crippen LogP contribution in [0.3, 0.4) is 0 Å². The van der Waals surface area contributed by atoms with Crippen molar-refractivity contribution in [3.63, 3.8) is 0 Å². The van der Waals surface area contributed by atoms with E-state index in [4.69, 9.17) is 9.84 Å². The number of carboxylic acid groups (broad SMARTS) is 1. The average Bonchev–Trinajstić information content (AvgIpc) is 2.19. The first-order valence-corrected chi connectivity index (χ1v) is 4.78. The van der Waals surface area contributed by atoms with Crippen molar-refractivity contribution in [1.29, 1.82) is 0 Å². The van der Waals surface area contributed by atoms with E-state index in [0.717, 1.165) is 0 Å². The van der Waals surface area contributed by atoms with Gasteiger partial charge in [0.05, 0.1) is 18.2 Å². The molecule has 0 aliphatic heterocycles. The Morgan fingerprint density at radius 3 is 2.87 bits per heavy atom. The Balaban J connectivity index is 2.37. The predicted molar refractivity (Wildman–Crippen MR) is 55.8 cm³/mol. The quantitative estimate of drug-likeness (QED) is 0.805. The van der Waals surface area contributed by atoms with Crippen molar-refractivity contribution in [3.05, 3.63) is 24.5 Å². The van der Waals surface area contributed by atoms with Gasteiger partial charge in [-0.15, -0.1) is 0 Å². The van der Waals surface area contributed by atoms with E-state index in [1.165, 1.54) is 0 Å². The fourth-order valence-electron chi connectivity index (χ4n) is 0.963. The van der Waals surface area contributed by atoms with Crippen molar-refractivity contribution in [2.75, 3.05) is 6.61 Å². The summed E-state index contributed by atoms with van der Waals surface area (Å²) in [5.74, 6) is -0.143. The van der Waals surface area contributed by atoms with Crippen molar-refractivity contribution in [1.82, 2.24) is 4.98 Å². The number of aromatic nitrogens is 1. The minimum atomic E-state index is -0.808. The first-order valence-electron chi connectivity index (χ1n) is 4.78. The van der Waals surface area contributed by atoms with Crippen LogP contribution in [0.1, 0.15) is 20.3 Å². The Hall–Kier alpha value is -1.58. The molecule has 1 heterocycles. The summed E-state index contributed by atoms with van der Waals surface area (Å²) >= 11 is 0. The molecular formula is C11H15NO3. The molecule has 0 spiro atoms. The SMILES string of the molecule is CC(C)(CCOc1cccnc1)C(=O)O. The summed E-state index contributed by atoms with van der Waals surface area (Å²) in [4.78, 5) is 14.7. The summed E-state index contributed by atoms with van der Waals surface area (Å²) in [6.45, 7) is 3.74. The second-order valence-electron chi connectivity index (χ2n) is 3.98. The third-order valence-electron chi connectivity index (χ3n) is 2.21. The van der Waals surface area contributed by atoms with Gasteiger partial charge in [0.25, 0.3) is 0 Å². The highest BCUT2D eigenvalue weighted by Crippen LogP contribution is 2.20. The molecule has 4 nitrogen and oxygen atoms in total. The first-order chi connectivity index (χ1) is 7.02. The maximum Gasteiger partial charge on any atom is 0.309 e. The Labute approximate surface area is 88.9 Å². The van der Waals surface area contributed by atoms with Crippen molar-refractivity contribution in [3.8, 4) is 5.75 Å². The third kappa shape index (κ3) is 3.58. The molecule has 4 heteroatoms. The van der Waals surface area contributed by atoms with Gasteiger partial charge in [0.2, 0.25) is 0 Å². The van der Waals surface area contributed by atoms with Crippen LogP contribution in [0.2, 0.25) is 0 Å². The Morgan fingerprint density at radius 1 is 1.60 bits per heavy atom. The Kier molecular flexibility index (Phi) is 3.66. The van der Waals surface area contributed by atoms with Crippen LogP contribution in [-0.2, 0) is 4.79 Å². The normalized spacial score (nSPS) is 11.1. The molecule has 0 aromatic carbocycles. The molecule has 0 aliphatic rings. The number of aliphatic carboxylic acids is 1. The number of carbonyl (C=O) groups is 1. The molecule has 1 N–H and O–H groups in total. The Bertz CT molecular complexity index is 322. The Morgan fingerprint density at radius 2 is 2.33 bits per heavy atom. The molecule has 1 aromatic rings. The second kappa shape index (κ2) is 4.77. The van der Waals surface area contributed by atoms with Crippen LogP contribution in [-0.4, -0.2) is 22.7 Å². The lowest BCUT2D eigenvalue weighted by molar-refractivity contribution is -0.147. The van der Waals surface area contributed by atoms with Crippen LogP contribution in [0.5, 0.6) is 5.75 Å². The molecule has 0 fully saturated rings. The molecular weight excluding hydrogens is 194 g/mol. The average molecular weight is 209 g/mol. The van der Waals surface area contributed by atoms with Crippen molar-refractivity contribution < 1.29 is 14.6 Å². The zero-order valence-corrected chi connectivity index (χ0v) is 8.93. The predicted octanol–water partition coefficient (Wildman–Crippen LogP) is 1.96.